The minimum absolute atomic E-state index is 0.150. The van der Waals surface area contributed by atoms with Crippen molar-refractivity contribution in [3.05, 3.63) is 52.3 Å². The van der Waals surface area contributed by atoms with Gasteiger partial charge in [0.1, 0.15) is 0 Å². The van der Waals surface area contributed by atoms with Crippen LogP contribution in [0.1, 0.15) is 41.0 Å². The molecule has 0 fully saturated rings. The zero-order valence-corrected chi connectivity index (χ0v) is 15.2. The number of fused-ring (bicyclic) bond motifs is 1. The maximum absolute atomic E-state index is 13.3. The highest BCUT2D eigenvalue weighted by Gasteiger charge is 2.36. The van der Waals surface area contributed by atoms with E-state index in [0.29, 0.717) is 18.0 Å². The van der Waals surface area contributed by atoms with Gasteiger partial charge in [0.05, 0.1) is 10.9 Å². The van der Waals surface area contributed by atoms with Gasteiger partial charge < -0.3 is 4.57 Å². The first-order valence-corrected chi connectivity index (χ1v) is 9.43. The molecule has 0 bridgehead atoms. The second kappa shape index (κ2) is 5.49. The topological polar surface area (TPSA) is 42.3 Å². The Morgan fingerprint density at radius 3 is 2.22 bits per heavy atom. The molecule has 1 aliphatic rings. The summed E-state index contributed by atoms with van der Waals surface area (Å²) in [6.07, 6.45) is 0. The Morgan fingerprint density at radius 1 is 1.00 bits per heavy atom. The molecule has 0 aliphatic carbocycles. The molecule has 3 rings (SSSR count). The van der Waals surface area contributed by atoms with Crippen LogP contribution in [0.4, 0.5) is 0 Å². The van der Waals surface area contributed by atoms with Crippen LogP contribution in [0.2, 0.25) is 0 Å². The lowest BCUT2D eigenvalue weighted by atomic mass is 10.1. The summed E-state index contributed by atoms with van der Waals surface area (Å²) in [5.41, 5.74) is 5.00. The second-order valence-electron chi connectivity index (χ2n) is 6.57. The van der Waals surface area contributed by atoms with Crippen molar-refractivity contribution in [1.29, 1.82) is 0 Å². The zero-order chi connectivity index (χ0) is 16.9. The Labute approximate surface area is 138 Å². The maximum atomic E-state index is 13.3. The van der Waals surface area contributed by atoms with Crippen LogP contribution in [0, 0.1) is 27.7 Å². The van der Waals surface area contributed by atoms with Crippen LogP contribution in [0.15, 0.2) is 29.2 Å². The van der Waals surface area contributed by atoms with Crippen LogP contribution in [0.3, 0.4) is 0 Å². The van der Waals surface area contributed by atoms with E-state index >= 15 is 0 Å². The predicted octanol–water partition coefficient (Wildman–Crippen LogP) is 3.49. The van der Waals surface area contributed by atoms with Gasteiger partial charge in [-0.15, -0.1) is 0 Å². The molecule has 0 N–H and O–H groups in total. The highest BCUT2D eigenvalue weighted by Crippen LogP contribution is 2.34. The van der Waals surface area contributed by atoms with Crippen molar-refractivity contribution in [2.45, 2.75) is 52.1 Å². The lowest BCUT2D eigenvalue weighted by molar-refractivity contribution is 0.280. The standard InChI is InChI=1S/C18H24N2O2S/c1-12-10-13(2)18(14(3)11-12)23(21,22)20-9-8-19-15(4)6-7-17(19)16(20)5/h6-7,10-11,16H,8-9H2,1-5H3/t16-/m1/s1. The fourth-order valence-electron chi connectivity index (χ4n) is 3.82. The Kier molecular flexibility index (Phi) is 3.89. The largest absolute Gasteiger partial charge is 0.346 e. The average molecular weight is 332 g/mol. The van der Waals surface area contributed by atoms with Crippen molar-refractivity contribution < 1.29 is 8.42 Å². The van der Waals surface area contributed by atoms with E-state index in [1.54, 1.807) is 4.31 Å². The molecule has 0 radical (unpaired) electrons. The van der Waals surface area contributed by atoms with E-state index in [9.17, 15) is 8.42 Å². The molecule has 0 saturated carbocycles. The molecular formula is C18H24N2O2S. The van der Waals surface area contributed by atoms with Crippen molar-refractivity contribution in [3.63, 3.8) is 0 Å². The molecule has 124 valence electrons. The van der Waals surface area contributed by atoms with E-state index in [0.717, 1.165) is 22.4 Å². The van der Waals surface area contributed by atoms with Gasteiger partial charge in [-0.1, -0.05) is 17.7 Å². The number of rotatable bonds is 2. The van der Waals surface area contributed by atoms with E-state index < -0.39 is 10.0 Å². The molecular weight excluding hydrogens is 308 g/mol. The van der Waals surface area contributed by atoms with Crippen LogP contribution in [0.25, 0.3) is 0 Å². The highest BCUT2D eigenvalue weighted by atomic mass is 32.2. The van der Waals surface area contributed by atoms with Crippen molar-refractivity contribution in [1.82, 2.24) is 8.87 Å². The van der Waals surface area contributed by atoms with E-state index in [1.165, 1.54) is 5.69 Å². The molecule has 2 heterocycles. The molecule has 1 atom stereocenters. The SMILES string of the molecule is Cc1cc(C)c(S(=O)(=O)N2CCn3c(C)ccc3[C@H]2C)c(C)c1. The van der Waals surface area contributed by atoms with Gasteiger partial charge in [-0.05, 0) is 57.9 Å². The first-order valence-electron chi connectivity index (χ1n) is 7.99. The van der Waals surface area contributed by atoms with Crippen molar-refractivity contribution in [2.75, 3.05) is 6.54 Å². The number of hydrogen-bond acceptors (Lipinski definition) is 2. The first kappa shape index (κ1) is 16.3. The molecule has 0 saturated heterocycles. The van der Waals surface area contributed by atoms with Gasteiger partial charge in [-0.2, -0.15) is 4.31 Å². The van der Waals surface area contributed by atoms with Gasteiger partial charge in [0.15, 0.2) is 0 Å². The molecule has 0 spiro atoms. The van der Waals surface area contributed by atoms with Gasteiger partial charge in [0, 0.05) is 24.5 Å². The molecule has 1 aliphatic heterocycles. The van der Waals surface area contributed by atoms with Crippen molar-refractivity contribution in [3.8, 4) is 0 Å². The zero-order valence-electron chi connectivity index (χ0n) is 14.4. The third kappa shape index (κ3) is 2.52. The van der Waals surface area contributed by atoms with Gasteiger partial charge in [0.25, 0.3) is 0 Å². The Hall–Kier alpha value is -1.59. The number of hydrogen-bond donors (Lipinski definition) is 0. The number of benzene rings is 1. The average Bonchev–Trinajstić information content (AvgIpc) is 2.80. The van der Waals surface area contributed by atoms with Gasteiger partial charge in [0.2, 0.25) is 10.0 Å². The van der Waals surface area contributed by atoms with Gasteiger partial charge >= 0.3 is 0 Å². The van der Waals surface area contributed by atoms with Crippen LogP contribution in [-0.4, -0.2) is 23.8 Å². The summed E-state index contributed by atoms with van der Waals surface area (Å²) >= 11 is 0. The molecule has 1 aromatic carbocycles. The molecule has 0 unspecified atom stereocenters. The molecule has 1 aromatic heterocycles. The Morgan fingerprint density at radius 2 is 1.61 bits per heavy atom. The Bertz CT molecular complexity index is 842. The maximum Gasteiger partial charge on any atom is 0.244 e. The van der Waals surface area contributed by atoms with Crippen LogP contribution < -0.4 is 0 Å². The molecule has 23 heavy (non-hydrogen) atoms. The number of sulfonamides is 1. The number of aryl methyl sites for hydroxylation is 4. The Balaban J connectivity index is 2.08. The summed E-state index contributed by atoms with van der Waals surface area (Å²) in [4.78, 5) is 0.465. The number of nitrogens with zero attached hydrogens (tertiary/aromatic N) is 2. The summed E-state index contributed by atoms with van der Waals surface area (Å²) in [7, 11) is -3.50. The lowest BCUT2D eigenvalue weighted by Gasteiger charge is -2.35. The highest BCUT2D eigenvalue weighted by molar-refractivity contribution is 7.89. The number of aromatic nitrogens is 1. The molecule has 4 nitrogen and oxygen atoms in total. The monoisotopic (exact) mass is 332 g/mol. The molecule has 2 aromatic rings. The smallest absolute Gasteiger partial charge is 0.244 e. The van der Waals surface area contributed by atoms with Gasteiger partial charge in [-0.25, -0.2) is 8.42 Å². The predicted molar refractivity (Wildman–Crippen MR) is 92.1 cm³/mol. The summed E-state index contributed by atoms with van der Waals surface area (Å²) in [5, 5.41) is 0. The quantitative estimate of drug-likeness (QED) is 0.845. The van der Waals surface area contributed by atoms with E-state index in [4.69, 9.17) is 0 Å². The lowest BCUT2D eigenvalue weighted by Crippen LogP contribution is -2.41. The van der Waals surface area contributed by atoms with Crippen LogP contribution in [0.5, 0.6) is 0 Å². The fourth-order valence-corrected chi connectivity index (χ4v) is 5.83. The van der Waals surface area contributed by atoms with E-state index in [-0.39, 0.29) is 6.04 Å². The summed E-state index contributed by atoms with van der Waals surface area (Å²) in [5.74, 6) is 0. The summed E-state index contributed by atoms with van der Waals surface area (Å²) in [6, 6.07) is 7.84. The summed E-state index contributed by atoms with van der Waals surface area (Å²) in [6.45, 7) is 11.0. The second-order valence-corrected chi connectivity index (χ2v) is 8.40. The van der Waals surface area contributed by atoms with E-state index in [1.807, 2.05) is 45.9 Å². The van der Waals surface area contributed by atoms with Crippen LogP contribution in [-0.2, 0) is 16.6 Å². The minimum atomic E-state index is -3.50. The fraction of sp³-hybridized carbons (Fsp3) is 0.444. The third-order valence-electron chi connectivity index (χ3n) is 4.81. The van der Waals surface area contributed by atoms with Gasteiger partial charge in [-0.3, -0.25) is 0 Å². The summed E-state index contributed by atoms with van der Waals surface area (Å²) < 4.78 is 30.4. The minimum Gasteiger partial charge on any atom is -0.346 e. The van der Waals surface area contributed by atoms with Crippen LogP contribution >= 0.6 is 0 Å². The molecule has 5 heteroatoms. The van der Waals surface area contributed by atoms with Crippen molar-refractivity contribution >= 4 is 10.0 Å². The van der Waals surface area contributed by atoms with E-state index in [2.05, 4.69) is 17.6 Å². The molecule has 0 amide bonds. The first-order chi connectivity index (χ1) is 10.7. The van der Waals surface area contributed by atoms with Crippen molar-refractivity contribution in [2.24, 2.45) is 0 Å². The normalized spacial score (nSPS) is 18.9. The third-order valence-corrected chi connectivity index (χ3v) is 7.08.